The maximum Gasteiger partial charge on any atom is 0.303 e. The minimum atomic E-state index is -0.675. The number of hydrogen-bond acceptors (Lipinski definition) is 4. The second kappa shape index (κ2) is 11.5. The van der Waals surface area contributed by atoms with Crippen molar-refractivity contribution in [2.24, 2.45) is 5.92 Å². The number of H-pyrrole nitrogens is 1. The quantitative estimate of drug-likeness (QED) is 0.354. The molecule has 0 bridgehead atoms. The zero-order valence-electron chi connectivity index (χ0n) is 21.4. The topological polar surface area (TPSA) is 78.4 Å². The highest BCUT2D eigenvalue weighted by Gasteiger charge is 2.28. The fourth-order valence-corrected chi connectivity index (χ4v) is 5.81. The lowest BCUT2D eigenvalue weighted by Crippen LogP contribution is -2.39. The van der Waals surface area contributed by atoms with Crippen LogP contribution in [-0.4, -0.2) is 46.3 Å². The molecule has 1 saturated carbocycles. The van der Waals surface area contributed by atoms with E-state index in [1.165, 1.54) is 29.3 Å². The van der Waals surface area contributed by atoms with Crippen LogP contribution in [0.2, 0.25) is 0 Å². The number of anilines is 1. The zero-order chi connectivity index (χ0) is 24.9. The van der Waals surface area contributed by atoms with Crippen LogP contribution in [0.5, 0.6) is 0 Å². The highest BCUT2D eigenvalue weighted by molar-refractivity contribution is 5.86. The third-order valence-electron chi connectivity index (χ3n) is 7.97. The first-order chi connectivity index (χ1) is 17.6. The van der Waals surface area contributed by atoms with Crippen LogP contribution in [0.1, 0.15) is 70.3 Å². The van der Waals surface area contributed by atoms with Crippen molar-refractivity contribution in [1.82, 2.24) is 9.97 Å². The molecule has 1 aliphatic heterocycles. The zero-order valence-corrected chi connectivity index (χ0v) is 21.4. The number of aliphatic carboxylic acids is 1. The number of ether oxygens (including phenoxy) is 1. The first-order valence-electron chi connectivity index (χ1n) is 13.8. The smallest absolute Gasteiger partial charge is 0.303 e. The van der Waals surface area contributed by atoms with E-state index in [0.717, 1.165) is 75.1 Å². The van der Waals surface area contributed by atoms with Gasteiger partial charge in [-0.3, -0.25) is 4.79 Å². The van der Waals surface area contributed by atoms with Crippen molar-refractivity contribution in [3.63, 3.8) is 0 Å². The molecule has 192 valence electrons. The number of nitrogens with one attached hydrogen (secondary N) is 1. The number of aromatic nitrogens is 2. The van der Waals surface area contributed by atoms with Crippen LogP contribution in [-0.2, 0) is 16.0 Å². The van der Waals surface area contributed by atoms with E-state index in [2.05, 4.69) is 53.2 Å². The minimum absolute atomic E-state index is 0.294. The monoisotopic (exact) mass is 489 g/mol. The molecule has 1 saturated heterocycles. The summed E-state index contributed by atoms with van der Waals surface area (Å²) in [5.74, 6) is 0.682. The van der Waals surface area contributed by atoms with Gasteiger partial charge in [0, 0.05) is 47.9 Å². The Morgan fingerprint density at radius 3 is 2.53 bits per heavy atom. The molecular formula is C30H39N3O3. The lowest BCUT2D eigenvalue weighted by molar-refractivity contribution is -0.138. The average molecular weight is 490 g/mol. The van der Waals surface area contributed by atoms with Crippen molar-refractivity contribution in [3.05, 3.63) is 48.2 Å². The number of rotatable bonds is 9. The van der Waals surface area contributed by atoms with Gasteiger partial charge in [0.25, 0.3) is 0 Å². The van der Waals surface area contributed by atoms with Gasteiger partial charge in [-0.1, -0.05) is 25.5 Å². The number of pyridine rings is 1. The Balaban J connectivity index is 1.12. The molecule has 1 aliphatic carbocycles. The summed E-state index contributed by atoms with van der Waals surface area (Å²) in [6, 6.07) is 13.3. The number of fused-ring (bicyclic) bond motifs is 1. The number of nitrogens with zero attached hydrogens (tertiary/aromatic N) is 2. The summed E-state index contributed by atoms with van der Waals surface area (Å²) >= 11 is 0. The van der Waals surface area contributed by atoms with Gasteiger partial charge in [-0.15, -0.1) is 0 Å². The number of aryl methyl sites for hydroxylation is 1. The highest BCUT2D eigenvalue weighted by Crippen LogP contribution is 2.31. The largest absolute Gasteiger partial charge is 0.481 e. The predicted octanol–water partition coefficient (Wildman–Crippen LogP) is 6.59. The molecule has 0 radical (unpaired) electrons. The van der Waals surface area contributed by atoms with E-state index in [0.29, 0.717) is 24.5 Å². The summed E-state index contributed by atoms with van der Waals surface area (Å²) in [7, 11) is 0. The van der Waals surface area contributed by atoms with Crippen LogP contribution < -0.4 is 4.90 Å². The van der Waals surface area contributed by atoms with Gasteiger partial charge in [0.2, 0.25) is 0 Å². The number of carboxylic acids is 1. The molecule has 0 unspecified atom stereocenters. The fraction of sp³-hybridized carbons (Fsp3) is 0.533. The molecule has 3 heterocycles. The number of benzene rings is 1. The first kappa shape index (κ1) is 24.8. The maximum atomic E-state index is 10.9. The van der Waals surface area contributed by atoms with Crippen molar-refractivity contribution in [2.45, 2.75) is 83.3 Å². The number of carboxylic acid groups (broad SMARTS) is 1. The van der Waals surface area contributed by atoms with E-state index < -0.39 is 5.97 Å². The van der Waals surface area contributed by atoms with Crippen molar-refractivity contribution in [1.29, 1.82) is 0 Å². The highest BCUT2D eigenvalue weighted by atomic mass is 16.5. The Morgan fingerprint density at radius 1 is 1.06 bits per heavy atom. The van der Waals surface area contributed by atoms with E-state index in [1.807, 2.05) is 6.20 Å². The Labute approximate surface area is 214 Å². The normalized spacial score (nSPS) is 21.2. The molecule has 2 aromatic heterocycles. The summed E-state index contributed by atoms with van der Waals surface area (Å²) in [5.41, 5.74) is 4.81. The lowest BCUT2D eigenvalue weighted by atomic mass is 9.85. The fourth-order valence-electron chi connectivity index (χ4n) is 5.81. The van der Waals surface area contributed by atoms with Crippen LogP contribution in [0.15, 0.2) is 42.6 Å². The van der Waals surface area contributed by atoms with Crippen LogP contribution in [0.4, 0.5) is 5.82 Å². The number of unbranched alkanes of at least 4 members (excludes halogenated alkanes) is 1. The minimum Gasteiger partial charge on any atom is -0.481 e. The van der Waals surface area contributed by atoms with Gasteiger partial charge < -0.3 is 19.7 Å². The molecule has 2 aliphatic rings. The van der Waals surface area contributed by atoms with Crippen molar-refractivity contribution >= 4 is 22.7 Å². The maximum absolute atomic E-state index is 10.9. The van der Waals surface area contributed by atoms with Crippen molar-refractivity contribution < 1.29 is 14.6 Å². The van der Waals surface area contributed by atoms with Crippen molar-refractivity contribution in [3.8, 4) is 11.3 Å². The molecule has 2 fully saturated rings. The Kier molecular flexibility index (Phi) is 7.90. The molecule has 0 spiro atoms. The predicted molar refractivity (Wildman–Crippen MR) is 144 cm³/mol. The van der Waals surface area contributed by atoms with E-state index in [-0.39, 0.29) is 0 Å². The van der Waals surface area contributed by atoms with Crippen LogP contribution >= 0.6 is 0 Å². The molecule has 36 heavy (non-hydrogen) atoms. The SMILES string of the molecule is CCCCc1ccc2cc(-c3ccc(N4CCC(OC5CCC(CC(=O)O)CC5)CC4)nc3)[nH]c2c1. The summed E-state index contributed by atoms with van der Waals surface area (Å²) in [4.78, 5) is 21.7. The summed E-state index contributed by atoms with van der Waals surface area (Å²) in [6.45, 7) is 4.15. The lowest BCUT2D eigenvalue weighted by Gasteiger charge is -2.36. The average Bonchev–Trinajstić information content (AvgIpc) is 3.32. The molecule has 6 nitrogen and oxygen atoms in total. The second-order valence-corrected chi connectivity index (χ2v) is 10.7. The van der Waals surface area contributed by atoms with Crippen LogP contribution in [0.3, 0.4) is 0 Å². The van der Waals surface area contributed by atoms with E-state index >= 15 is 0 Å². The molecule has 3 aromatic rings. The van der Waals surface area contributed by atoms with E-state index in [1.54, 1.807) is 0 Å². The van der Waals surface area contributed by atoms with Gasteiger partial charge >= 0.3 is 5.97 Å². The molecular weight excluding hydrogens is 450 g/mol. The summed E-state index contributed by atoms with van der Waals surface area (Å²) in [6.07, 6.45) is 12.4. The third kappa shape index (κ3) is 6.09. The Bertz CT molecular complexity index is 1140. The van der Waals surface area contributed by atoms with Crippen LogP contribution in [0.25, 0.3) is 22.2 Å². The van der Waals surface area contributed by atoms with Gasteiger partial charge in [-0.2, -0.15) is 0 Å². The van der Waals surface area contributed by atoms with Gasteiger partial charge in [0.15, 0.2) is 0 Å². The van der Waals surface area contributed by atoms with Crippen molar-refractivity contribution in [2.75, 3.05) is 18.0 Å². The Hall–Kier alpha value is -2.86. The number of piperidine rings is 1. The second-order valence-electron chi connectivity index (χ2n) is 10.7. The van der Waals surface area contributed by atoms with E-state index in [9.17, 15) is 4.79 Å². The molecule has 0 atom stereocenters. The van der Waals surface area contributed by atoms with Crippen LogP contribution in [0, 0.1) is 5.92 Å². The molecule has 6 heteroatoms. The molecule has 0 amide bonds. The van der Waals surface area contributed by atoms with Gasteiger partial charge in [-0.25, -0.2) is 4.98 Å². The molecule has 1 aromatic carbocycles. The van der Waals surface area contributed by atoms with Gasteiger partial charge in [0.05, 0.1) is 12.2 Å². The standard InChI is InChI=1S/C30H39N3O3/c1-2-3-4-21-5-8-23-19-28(32-27(23)17-21)24-9-12-29(31-20-24)33-15-13-26(14-16-33)36-25-10-6-22(7-11-25)18-30(34)35/h5,8-9,12,17,19-20,22,25-26,32H,2-4,6-7,10-11,13-16,18H2,1H3,(H,34,35). The van der Waals surface area contributed by atoms with E-state index in [4.69, 9.17) is 14.8 Å². The van der Waals surface area contributed by atoms with Gasteiger partial charge in [0.1, 0.15) is 5.82 Å². The first-order valence-corrected chi connectivity index (χ1v) is 13.8. The third-order valence-corrected chi connectivity index (χ3v) is 7.97. The number of hydrogen-bond donors (Lipinski definition) is 2. The summed E-state index contributed by atoms with van der Waals surface area (Å²) < 4.78 is 6.41. The van der Waals surface area contributed by atoms with Gasteiger partial charge in [-0.05, 0) is 87.1 Å². The molecule has 2 N–H and O–H groups in total. The Morgan fingerprint density at radius 2 is 1.83 bits per heavy atom. The number of carbonyl (C=O) groups is 1. The molecule has 5 rings (SSSR count). The summed E-state index contributed by atoms with van der Waals surface area (Å²) in [5, 5.41) is 10.2. The number of aromatic amines is 1.